The fourth-order valence-electron chi connectivity index (χ4n) is 2.68. The van der Waals surface area contributed by atoms with Gasteiger partial charge >= 0.3 is 5.97 Å². The Labute approximate surface area is 181 Å². The quantitative estimate of drug-likeness (QED) is 0.247. The number of hydrogen-bond donors (Lipinski definition) is 6. The summed E-state index contributed by atoms with van der Waals surface area (Å²) in [7, 11) is 0. The number of carboxylic acid groups (broad SMARTS) is 1. The topological polar surface area (TPSA) is 151 Å². The van der Waals surface area contributed by atoms with Gasteiger partial charge in [0.15, 0.2) is 0 Å². The van der Waals surface area contributed by atoms with Crippen LogP contribution in [-0.4, -0.2) is 59.2 Å². The monoisotopic (exact) mass is 438 g/mol. The largest absolute Gasteiger partial charge is 0.480 e. The summed E-state index contributed by atoms with van der Waals surface area (Å²) in [6.45, 7) is 3.22. The summed E-state index contributed by atoms with van der Waals surface area (Å²) in [5.41, 5.74) is 6.46. The van der Waals surface area contributed by atoms with Crippen LogP contribution in [0.1, 0.15) is 25.8 Å². The Morgan fingerprint density at radius 2 is 1.60 bits per heavy atom. The van der Waals surface area contributed by atoms with Crippen LogP contribution in [0.15, 0.2) is 30.3 Å². The number of aliphatic carboxylic acids is 1. The number of carbonyl (C=O) groups is 4. The molecule has 0 aliphatic carbocycles. The van der Waals surface area contributed by atoms with Gasteiger partial charge in [0.2, 0.25) is 17.7 Å². The van der Waals surface area contributed by atoms with Crippen LogP contribution in [0.2, 0.25) is 0 Å². The van der Waals surface area contributed by atoms with Crippen LogP contribution in [0.4, 0.5) is 0 Å². The van der Waals surface area contributed by atoms with Gasteiger partial charge in [0.1, 0.15) is 18.6 Å². The van der Waals surface area contributed by atoms with Crippen molar-refractivity contribution < 1.29 is 24.3 Å². The predicted molar refractivity (Wildman–Crippen MR) is 116 cm³/mol. The molecular formula is C20H30N4O5S. The summed E-state index contributed by atoms with van der Waals surface area (Å²) in [6.07, 6.45) is 0.502. The third-order valence-corrected chi connectivity index (χ3v) is 4.60. The number of nitrogens with one attached hydrogen (secondary N) is 3. The molecule has 0 aromatic heterocycles. The van der Waals surface area contributed by atoms with E-state index in [0.29, 0.717) is 6.42 Å². The first-order valence-electron chi connectivity index (χ1n) is 9.64. The molecule has 0 aliphatic rings. The van der Waals surface area contributed by atoms with Gasteiger partial charge in [0.25, 0.3) is 0 Å². The third-order valence-electron chi connectivity index (χ3n) is 4.20. The van der Waals surface area contributed by atoms with E-state index in [1.807, 2.05) is 19.9 Å². The van der Waals surface area contributed by atoms with Gasteiger partial charge in [-0.1, -0.05) is 44.2 Å². The minimum Gasteiger partial charge on any atom is -0.480 e. The number of thiol groups is 1. The maximum atomic E-state index is 12.9. The molecule has 166 valence electrons. The van der Waals surface area contributed by atoms with E-state index < -0.39 is 48.4 Å². The normalized spacial score (nSPS) is 13.8. The SMILES string of the molecule is CC(C)CC(NC(=O)C(N)CS)C(=O)NC(Cc1ccccc1)C(=O)NCC(=O)O. The van der Waals surface area contributed by atoms with Crippen molar-refractivity contribution >= 4 is 36.3 Å². The van der Waals surface area contributed by atoms with Crippen molar-refractivity contribution in [1.82, 2.24) is 16.0 Å². The molecule has 1 aromatic rings. The summed E-state index contributed by atoms with van der Waals surface area (Å²) in [4.78, 5) is 48.3. The first-order chi connectivity index (χ1) is 14.1. The first-order valence-corrected chi connectivity index (χ1v) is 10.3. The van der Waals surface area contributed by atoms with Gasteiger partial charge in [-0.25, -0.2) is 0 Å². The van der Waals surface area contributed by atoms with Crippen LogP contribution in [0, 0.1) is 5.92 Å². The lowest BCUT2D eigenvalue weighted by Crippen LogP contribution is -2.57. The second-order valence-corrected chi connectivity index (χ2v) is 7.71. The average Bonchev–Trinajstić information content (AvgIpc) is 2.70. The van der Waals surface area contributed by atoms with E-state index in [0.717, 1.165) is 5.56 Å². The third kappa shape index (κ3) is 9.27. The highest BCUT2D eigenvalue weighted by molar-refractivity contribution is 7.80. The lowest BCUT2D eigenvalue weighted by Gasteiger charge is -2.25. The molecule has 0 aliphatic heterocycles. The number of rotatable bonds is 12. The zero-order valence-corrected chi connectivity index (χ0v) is 18.0. The zero-order chi connectivity index (χ0) is 22.7. The van der Waals surface area contributed by atoms with E-state index >= 15 is 0 Å². The molecule has 9 nitrogen and oxygen atoms in total. The van der Waals surface area contributed by atoms with Gasteiger partial charge < -0.3 is 26.8 Å². The van der Waals surface area contributed by atoms with Crippen molar-refractivity contribution in [3.8, 4) is 0 Å². The number of carboxylic acids is 1. The summed E-state index contributed by atoms with van der Waals surface area (Å²) in [6, 6.07) is 6.23. The number of nitrogens with two attached hydrogens (primary N) is 1. The van der Waals surface area contributed by atoms with E-state index in [-0.39, 0.29) is 18.1 Å². The zero-order valence-electron chi connectivity index (χ0n) is 17.1. The smallest absolute Gasteiger partial charge is 0.322 e. The summed E-state index contributed by atoms with van der Waals surface area (Å²) in [5.74, 6) is -2.68. The summed E-state index contributed by atoms with van der Waals surface area (Å²) in [5, 5.41) is 16.3. The Morgan fingerprint density at radius 1 is 1.00 bits per heavy atom. The summed E-state index contributed by atoms with van der Waals surface area (Å²) >= 11 is 3.99. The van der Waals surface area contributed by atoms with Crippen LogP contribution >= 0.6 is 12.6 Å². The standard InChI is InChI=1S/C20H30N4O5S/c1-12(2)8-15(23-18(27)14(21)11-30)20(29)24-16(19(28)22-10-17(25)26)9-13-6-4-3-5-7-13/h3-7,12,14-16,30H,8-11,21H2,1-2H3,(H,22,28)(H,23,27)(H,24,29)(H,25,26). The Bertz CT molecular complexity index is 729. The lowest BCUT2D eigenvalue weighted by molar-refractivity contribution is -0.138. The van der Waals surface area contributed by atoms with E-state index in [9.17, 15) is 19.2 Å². The van der Waals surface area contributed by atoms with Crippen LogP contribution in [0.3, 0.4) is 0 Å². The molecule has 0 spiro atoms. The molecule has 0 bridgehead atoms. The minimum absolute atomic E-state index is 0.0849. The maximum Gasteiger partial charge on any atom is 0.322 e. The van der Waals surface area contributed by atoms with Crippen LogP contribution in [0.5, 0.6) is 0 Å². The molecule has 0 saturated carbocycles. The van der Waals surface area contributed by atoms with E-state index in [2.05, 4.69) is 28.6 Å². The van der Waals surface area contributed by atoms with Crippen LogP contribution in [0.25, 0.3) is 0 Å². The fourth-order valence-corrected chi connectivity index (χ4v) is 2.85. The molecule has 30 heavy (non-hydrogen) atoms. The van der Waals surface area contributed by atoms with Crippen molar-refractivity contribution in [2.75, 3.05) is 12.3 Å². The number of hydrogen-bond acceptors (Lipinski definition) is 6. The Hall–Kier alpha value is -2.59. The second kappa shape index (κ2) is 12.9. The summed E-state index contributed by atoms with van der Waals surface area (Å²) < 4.78 is 0. The molecule has 0 heterocycles. The molecule has 1 aromatic carbocycles. The van der Waals surface area contributed by atoms with Crippen LogP contribution in [-0.2, 0) is 25.6 Å². The van der Waals surface area contributed by atoms with Gasteiger partial charge in [-0.05, 0) is 17.9 Å². The highest BCUT2D eigenvalue weighted by Gasteiger charge is 2.28. The molecule has 3 unspecified atom stereocenters. The van der Waals surface area contributed by atoms with Gasteiger partial charge in [0.05, 0.1) is 6.04 Å². The number of amides is 3. The van der Waals surface area contributed by atoms with Crippen molar-refractivity contribution in [2.24, 2.45) is 11.7 Å². The number of carbonyl (C=O) groups excluding carboxylic acids is 3. The van der Waals surface area contributed by atoms with Gasteiger partial charge in [-0.3, -0.25) is 19.2 Å². The maximum absolute atomic E-state index is 12.9. The molecule has 6 N–H and O–H groups in total. The highest BCUT2D eigenvalue weighted by Crippen LogP contribution is 2.08. The Balaban J connectivity index is 2.97. The molecule has 10 heteroatoms. The van der Waals surface area contributed by atoms with Gasteiger partial charge in [0, 0.05) is 12.2 Å². The second-order valence-electron chi connectivity index (χ2n) is 7.34. The molecular weight excluding hydrogens is 408 g/mol. The van der Waals surface area contributed by atoms with E-state index in [1.54, 1.807) is 24.3 Å². The fraction of sp³-hybridized carbons (Fsp3) is 0.500. The molecule has 0 radical (unpaired) electrons. The Kier molecular flexibility index (Phi) is 10.9. The van der Waals surface area contributed by atoms with Gasteiger partial charge in [-0.15, -0.1) is 0 Å². The van der Waals surface area contributed by atoms with Crippen molar-refractivity contribution in [3.63, 3.8) is 0 Å². The molecule has 3 atom stereocenters. The molecule has 3 amide bonds. The number of benzene rings is 1. The van der Waals surface area contributed by atoms with Crippen molar-refractivity contribution in [2.45, 2.75) is 44.8 Å². The van der Waals surface area contributed by atoms with Crippen molar-refractivity contribution in [1.29, 1.82) is 0 Å². The van der Waals surface area contributed by atoms with E-state index in [1.165, 1.54) is 0 Å². The minimum atomic E-state index is -1.20. The van der Waals surface area contributed by atoms with Gasteiger partial charge in [-0.2, -0.15) is 12.6 Å². The van der Waals surface area contributed by atoms with Crippen molar-refractivity contribution in [3.05, 3.63) is 35.9 Å². The predicted octanol–water partition coefficient (Wildman–Crippen LogP) is -0.297. The molecule has 1 rings (SSSR count). The average molecular weight is 439 g/mol. The Morgan fingerprint density at radius 3 is 2.13 bits per heavy atom. The molecule has 0 fully saturated rings. The first kappa shape index (κ1) is 25.4. The van der Waals surface area contributed by atoms with E-state index in [4.69, 9.17) is 10.8 Å². The lowest BCUT2D eigenvalue weighted by atomic mass is 10.0. The van der Waals surface area contributed by atoms with Crippen LogP contribution < -0.4 is 21.7 Å². The highest BCUT2D eigenvalue weighted by atomic mass is 32.1. The molecule has 0 saturated heterocycles.